The highest BCUT2D eigenvalue weighted by Gasteiger charge is 2.73. The van der Waals surface area contributed by atoms with Crippen molar-refractivity contribution in [3.63, 3.8) is 0 Å². The molecule has 6 rings (SSSR count). The van der Waals surface area contributed by atoms with Crippen molar-refractivity contribution in [3.05, 3.63) is 117 Å². The fraction of sp³-hybridized carbons (Fsp3) is 0.0909. The number of hydrogen-bond acceptors (Lipinski definition) is 8. The summed E-state index contributed by atoms with van der Waals surface area (Å²) in [5, 5.41) is 0. The molecule has 2 heterocycles. The number of fused-ring (bicyclic) bond motifs is 2. The number of nitrogens with two attached hydrogens (primary N) is 4. The van der Waals surface area contributed by atoms with Gasteiger partial charge in [-0.3, -0.25) is 28.8 Å². The molecule has 4 aromatic carbocycles. The van der Waals surface area contributed by atoms with Crippen LogP contribution < -0.4 is 32.7 Å². The van der Waals surface area contributed by atoms with E-state index in [-0.39, 0.29) is 23.5 Å². The van der Waals surface area contributed by atoms with Crippen molar-refractivity contribution in [2.45, 2.75) is 17.8 Å². The van der Waals surface area contributed by atoms with Crippen molar-refractivity contribution in [1.29, 1.82) is 0 Å². The van der Waals surface area contributed by atoms with Crippen LogP contribution in [0.2, 0.25) is 0 Å². The molecule has 0 aliphatic carbocycles. The summed E-state index contributed by atoms with van der Waals surface area (Å²) >= 11 is 0. The van der Waals surface area contributed by atoms with Crippen molar-refractivity contribution in [1.82, 2.24) is 0 Å². The van der Waals surface area contributed by atoms with E-state index in [0.717, 1.165) is 24.3 Å². The second-order valence-electron chi connectivity index (χ2n) is 11.4. The van der Waals surface area contributed by atoms with Crippen LogP contribution in [-0.2, 0) is 5.41 Å². The van der Waals surface area contributed by atoms with Gasteiger partial charge in [0.2, 0.25) is 5.41 Å². The fourth-order valence-corrected chi connectivity index (χ4v) is 6.26. The molecule has 0 spiro atoms. The summed E-state index contributed by atoms with van der Waals surface area (Å²) in [7, 11) is 0. The Morgan fingerprint density at radius 1 is 0.490 bits per heavy atom. The van der Waals surface area contributed by atoms with E-state index >= 15 is 26.3 Å². The van der Waals surface area contributed by atoms with Gasteiger partial charge in [0.25, 0.3) is 35.4 Å². The van der Waals surface area contributed by atoms with Crippen molar-refractivity contribution in [3.8, 4) is 0 Å². The van der Waals surface area contributed by atoms with Gasteiger partial charge in [-0.2, -0.15) is 26.3 Å². The molecule has 6 amide bonds. The fourth-order valence-electron chi connectivity index (χ4n) is 6.26. The number of amides is 6. The number of carbonyl (C=O) groups is 6. The van der Waals surface area contributed by atoms with Gasteiger partial charge in [-0.1, -0.05) is 12.1 Å². The minimum atomic E-state index is -6.23. The number of benzene rings is 4. The zero-order valence-electron chi connectivity index (χ0n) is 25.3. The second kappa shape index (κ2) is 11.2. The molecule has 0 radical (unpaired) electrons. The molecule has 8 N–H and O–H groups in total. The molecule has 4 aromatic rings. The van der Waals surface area contributed by atoms with Crippen LogP contribution in [-0.4, -0.2) is 47.8 Å². The second-order valence-corrected chi connectivity index (χ2v) is 11.4. The zero-order chi connectivity index (χ0) is 37.5. The normalized spacial score (nSPS) is 14.6. The van der Waals surface area contributed by atoms with Gasteiger partial charge in [-0.15, -0.1) is 0 Å². The number of alkyl halides is 6. The Bertz CT molecular complexity index is 2130. The number of primary amides is 2. The smallest absolute Gasteiger partial charge is 0.399 e. The molecule has 0 aromatic heterocycles. The van der Waals surface area contributed by atoms with Crippen molar-refractivity contribution in [2.75, 3.05) is 21.3 Å². The molecule has 12 nitrogen and oxygen atoms in total. The molecule has 0 unspecified atom stereocenters. The predicted octanol–water partition coefficient (Wildman–Crippen LogP) is 4.06. The molecule has 0 bridgehead atoms. The van der Waals surface area contributed by atoms with Crippen LogP contribution >= 0.6 is 0 Å². The molecule has 18 heteroatoms. The summed E-state index contributed by atoms with van der Waals surface area (Å²) in [5.41, 5.74) is 9.27. The molecule has 0 saturated heterocycles. The number of nitrogens with zero attached hydrogens (tertiary/aromatic N) is 2. The Hall–Kier alpha value is -6.72. The standard InChI is InChI=1S/C33H20F6N6O6/c34-32(35,36)31(33(37,38)39,13-1-5-17-19(9-13)29(50)44(27(17)48)23-7-3-15(40)11-21(23)25(42)46)14-2-6-18-20(10-14)30(51)45(28(18)49)24-8-4-16(41)12-22(24)26(43)47/h1-12H,40-41H2,(H2,42,46)(H2,43,47). The first kappa shape index (κ1) is 34.2. The van der Waals surface area contributed by atoms with E-state index in [9.17, 15) is 28.8 Å². The first-order valence-corrected chi connectivity index (χ1v) is 14.3. The minimum absolute atomic E-state index is 0.00833. The third-order valence-electron chi connectivity index (χ3n) is 8.54. The van der Waals surface area contributed by atoms with E-state index in [1.165, 1.54) is 12.1 Å². The highest BCUT2D eigenvalue weighted by molar-refractivity contribution is 6.36. The lowest BCUT2D eigenvalue weighted by Gasteiger charge is -2.38. The Labute approximate surface area is 281 Å². The van der Waals surface area contributed by atoms with Gasteiger partial charge in [0.1, 0.15) is 0 Å². The van der Waals surface area contributed by atoms with E-state index in [0.29, 0.717) is 34.1 Å². The molecule has 2 aliphatic rings. The van der Waals surface area contributed by atoms with Gasteiger partial charge < -0.3 is 22.9 Å². The number of imide groups is 2. The number of nitrogen functional groups attached to an aromatic ring is 2. The van der Waals surface area contributed by atoms with Crippen LogP contribution in [0.25, 0.3) is 0 Å². The number of carbonyl (C=O) groups excluding carboxylic acids is 6. The maximum Gasteiger partial charge on any atom is 0.411 e. The van der Waals surface area contributed by atoms with E-state index in [1.54, 1.807) is 0 Å². The van der Waals surface area contributed by atoms with E-state index in [2.05, 4.69) is 0 Å². The van der Waals surface area contributed by atoms with Crippen LogP contribution in [0.4, 0.5) is 49.1 Å². The molecule has 0 saturated carbocycles. The lowest BCUT2D eigenvalue weighted by atomic mass is 9.71. The highest BCUT2D eigenvalue weighted by atomic mass is 19.4. The van der Waals surface area contributed by atoms with Gasteiger partial charge in [0, 0.05) is 11.4 Å². The number of hydrogen-bond donors (Lipinski definition) is 4. The molecule has 0 fully saturated rings. The first-order chi connectivity index (χ1) is 23.7. The first-order valence-electron chi connectivity index (χ1n) is 14.3. The van der Waals surface area contributed by atoms with Gasteiger partial charge >= 0.3 is 12.4 Å². The molecule has 2 aliphatic heterocycles. The van der Waals surface area contributed by atoms with Crippen LogP contribution in [0, 0.1) is 0 Å². The maximum atomic E-state index is 15.2. The third-order valence-corrected chi connectivity index (χ3v) is 8.54. The van der Waals surface area contributed by atoms with Crippen LogP contribution in [0.3, 0.4) is 0 Å². The van der Waals surface area contributed by atoms with Gasteiger partial charge in [-0.05, 0) is 71.8 Å². The highest BCUT2D eigenvalue weighted by Crippen LogP contribution is 2.57. The molecule has 51 heavy (non-hydrogen) atoms. The quantitative estimate of drug-likeness (QED) is 0.130. The Morgan fingerprint density at radius 3 is 1.14 bits per heavy atom. The molecule has 0 atom stereocenters. The zero-order valence-corrected chi connectivity index (χ0v) is 25.3. The van der Waals surface area contributed by atoms with Crippen LogP contribution in [0.15, 0.2) is 72.8 Å². The van der Waals surface area contributed by atoms with Gasteiger partial charge in [0.15, 0.2) is 0 Å². The monoisotopic (exact) mass is 710 g/mol. The molecular weight excluding hydrogens is 690 g/mol. The van der Waals surface area contributed by atoms with Crippen LogP contribution in [0.5, 0.6) is 0 Å². The van der Waals surface area contributed by atoms with Gasteiger partial charge in [-0.25, -0.2) is 9.80 Å². The van der Waals surface area contributed by atoms with Crippen LogP contribution in [0.1, 0.15) is 73.3 Å². The van der Waals surface area contributed by atoms with Crippen molar-refractivity contribution in [2.24, 2.45) is 11.5 Å². The predicted molar refractivity (Wildman–Crippen MR) is 167 cm³/mol. The summed E-state index contributed by atoms with van der Waals surface area (Å²) in [6.07, 6.45) is -12.5. The van der Waals surface area contributed by atoms with Crippen molar-refractivity contribution < 1.29 is 55.1 Å². The molecule has 260 valence electrons. The third kappa shape index (κ3) is 4.85. The maximum absolute atomic E-state index is 15.2. The Morgan fingerprint density at radius 2 is 0.824 bits per heavy atom. The van der Waals surface area contributed by atoms with Gasteiger partial charge in [0.05, 0.1) is 44.8 Å². The lowest BCUT2D eigenvalue weighted by molar-refractivity contribution is -0.288. The topological polar surface area (TPSA) is 213 Å². The lowest BCUT2D eigenvalue weighted by Crippen LogP contribution is -2.55. The largest absolute Gasteiger partial charge is 0.411 e. The summed E-state index contributed by atoms with van der Waals surface area (Å²) in [4.78, 5) is 78.4. The van der Waals surface area contributed by atoms with Crippen molar-refractivity contribution >= 4 is 58.2 Å². The summed E-state index contributed by atoms with van der Waals surface area (Å²) in [6, 6.07) is 8.89. The summed E-state index contributed by atoms with van der Waals surface area (Å²) in [5.74, 6) is -7.40. The van der Waals surface area contributed by atoms with E-state index in [1.807, 2.05) is 0 Å². The number of anilines is 4. The Balaban J connectivity index is 1.52. The number of rotatable bonds is 6. The molecular formula is C33H20F6N6O6. The summed E-state index contributed by atoms with van der Waals surface area (Å²) in [6.45, 7) is 0. The number of halogens is 6. The minimum Gasteiger partial charge on any atom is -0.399 e. The average Bonchev–Trinajstić information content (AvgIpc) is 3.43. The SMILES string of the molecule is NC(=O)c1cc(N)ccc1N1C(=O)c2ccc(C(c3ccc4c(c3)C(=O)N(c3ccc(N)cc3C(N)=O)C4=O)(C(F)(F)F)C(F)(F)F)cc2C1=O. The summed E-state index contributed by atoms with van der Waals surface area (Å²) < 4.78 is 91.0. The Kier molecular flexibility index (Phi) is 7.47. The van der Waals surface area contributed by atoms with E-state index in [4.69, 9.17) is 22.9 Å². The van der Waals surface area contributed by atoms with E-state index < -0.39 is 109 Å². The average molecular weight is 711 g/mol.